The number of carbonyl (C=O) groups is 2. The first-order valence-corrected chi connectivity index (χ1v) is 4.46. The van der Waals surface area contributed by atoms with Crippen molar-refractivity contribution >= 4 is 12.0 Å². The molecule has 2 amide bonds. The molecule has 72 valence electrons. The van der Waals surface area contributed by atoms with E-state index >= 15 is 0 Å². The molecule has 5 nitrogen and oxygen atoms in total. The van der Waals surface area contributed by atoms with Crippen molar-refractivity contribution in [2.24, 2.45) is 0 Å². The van der Waals surface area contributed by atoms with E-state index in [1.54, 1.807) is 0 Å². The molecule has 0 unspecified atom stereocenters. The molecule has 1 saturated carbocycles. The molecule has 2 rings (SSSR count). The van der Waals surface area contributed by atoms with Crippen LogP contribution in [0.15, 0.2) is 0 Å². The lowest BCUT2D eigenvalue weighted by molar-refractivity contribution is -0.154. The number of rotatable bonds is 2. The van der Waals surface area contributed by atoms with E-state index < -0.39 is 11.5 Å². The van der Waals surface area contributed by atoms with Gasteiger partial charge in [-0.05, 0) is 19.3 Å². The van der Waals surface area contributed by atoms with Crippen molar-refractivity contribution < 1.29 is 14.7 Å². The van der Waals surface area contributed by atoms with E-state index in [9.17, 15) is 9.59 Å². The van der Waals surface area contributed by atoms with Crippen molar-refractivity contribution in [2.75, 3.05) is 13.1 Å². The summed E-state index contributed by atoms with van der Waals surface area (Å²) in [6.45, 7) is 1.08. The Morgan fingerprint density at radius 2 is 2.23 bits per heavy atom. The third-order valence-electron chi connectivity index (χ3n) is 2.95. The number of carboxylic acid groups (broad SMARTS) is 1. The number of aliphatic carboxylic acids is 1. The predicted octanol–water partition coefficient (Wildman–Crippen LogP) is 0.0189. The van der Waals surface area contributed by atoms with Crippen molar-refractivity contribution in [2.45, 2.75) is 24.8 Å². The van der Waals surface area contributed by atoms with Gasteiger partial charge in [-0.3, -0.25) is 0 Å². The van der Waals surface area contributed by atoms with Crippen LogP contribution in [-0.4, -0.2) is 40.6 Å². The van der Waals surface area contributed by atoms with Gasteiger partial charge in [-0.1, -0.05) is 0 Å². The highest BCUT2D eigenvalue weighted by Crippen LogP contribution is 2.38. The second-order valence-corrected chi connectivity index (χ2v) is 3.57. The van der Waals surface area contributed by atoms with Crippen LogP contribution in [0.4, 0.5) is 4.79 Å². The van der Waals surface area contributed by atoms with Crippen molar-refractivity contribution in [1.82, 2.24) is 10.2 Å². The third-order valence-corrected chi connectivity index (χ3v) is 2.95. The lowest BCUT2D eigenvalue weighted by Gasteiger charge is -2.44. The van der Waals surface area contributed by atoms with Gasteiger partial charge in [0, 0.05) is 13.1 Å². The Bertz CT molecular complexity index is 258. The molecule has 1 aliphatic carbocycles. The van der Waals surface area contributed by atoms with Crippen LogP contribution in [0.3, 0.4) is 0 Å². The van der Waals surface area contributed by atoms with Crippen molar-refractivity contribution in [3.05, 3.63) is 0 Å². The quantitative estimate of drug-likeness (QED) is 0.635. The van der Waals surface area contributed by atoms with Gasteiger partial charge in [-0.15, -0.1) is 0 Å². The van der Waals surface area contributed by atoms with Gasteiger partial charge < -0.3 is 15.3 Å². The van der Waals surface area contributed by atoms with Gasteiger partial charge in [0.25, 0.3) is 0 Å². The molecule has 13 heavy (non-hydrogen) atoms. The first-order chi connectivity index (χ1) is 6.17. The van der Waals surface area contributed by atoms with E-state index in [1.807, 2.05) is 0 Å². The second kappa shape index (κ2) is 2.61. The van der Waals surface area contributed by atoms with Crippen LogP contribution in [0.5, 0.6) is 0 Å². The highest BCUT2D eigenvalue weighted by Gasteiger charge is 2.52. The average Bonchev–Trinajstić information content (AvgIpc) is 2.34. The minimum absolute atomic E-state index is 0.234. The zero-order chi connectivity index (χ0) is 9.47. The molecule has 0 atom stereocenters. The summed E-state index contributed by atoms with van der Waals surface area (Å²) < 4.78 is 0. The summed E-state index contributed by atoms with van der Waals surface area (Å²) >= 11 is 0. The van der Waals surface area contributed by atoms with Crippen LogP contribution in [0.25, 0.3) is 0 Å². The molecule has 0 aromatic carbocycles. The van der Waals surface area contributed by atoms with Crippen LogP contribution >= 0.6 is 0 Å². The number of amides is 2. The largest absolute Gasteiger partial charge is 0.479 e. The van der Waals surface area contributed by atoms with E-state index in [4.69, 9.17) is 5.11 Å². The van der Waals surface area contributed by atoms with E-state index in [2.05, 4.69) is 5.32 Å². The third kappa shape index (κ3) is 0.993. The van der Waals surface area contributed by atoms with Crippen LogP contribution in [-0.2, 0) is 4.79 Å². The SMILES string of the molecule is O=C1NCCN1C1(C(=O)O)CCC1. The van der Waals surface area contributed by atoms with E-state index in [1.165, 1.54) is 4.90 Å². The van der Waals surface area contributed by atoms with Crippen LogP contribution in [0.2, 0.25) is 0 Å². The molecule has 0 aromatic rings. The van der Waals surface area contributed by atoms with Crippen molar-refractivity contribution in [1.29, 1.82) is 0 Å². The molecular weight excluding hydrogens is 172 g/mol. The van der Waals surface area contributed by atoms with Crippen LogP contribution < -0.4 is 5.32 Å². The number of nitrogens with zero attached hydrogens (tertiary/aromatic N) is 1. The lowest BCUT2D eigenvalue weighted by Crippen LogP contribution is -2.60. The Kier molecular flexibility index (Phi) is 1.68. The second-order valence-electron chi connectivity index (χ2n) is 3.57. The molecular formula is C8H12N2O3. The van der Waals surface area contributed by atoms with Gasteiger partial charge >= 0.3 is 12.0 Å². The summed E-state index contributed by atoms with van der Waals surface area (Å²) in [5.74, 6) is -0.865. The normalized spacial score (nSPS) is 25.2. The Morgan fingerprint density at radius 3 is 2.54 bits per heavy atom. The smallest absolute Gasteiger partial charge is 0.329 e. The number of carboxylic acids is 1. The molecule has 0 aromatic heterocycles. The van der Waals surface area contributed by atoms with Gasteiger partial charge in [0.2, 0.25) is 0 Å². The highest BCUT2D eigenvalue weighted by atomic mass is 16.4. The van der Waals surface area contributed by atoms with Gasteiger partial charge in [0.1, 0.15) is 5.54 Å². The molecule has 1 saturated heterocycles. The lowest BCUT2D eigenvalue weighted by atomic mass is 9.75. The van der Waals surface area contributed by atoms with Crippen LogP contribution in [0, 0.1) is 0 Å². The molecule has 0 spiro atoms. The fourth-order valence-electron chi connectivity index (χ4n) is 1.99. The number of nitrogens with one attached hydrogen (secondary N) is 1. The van der Waals surface area contributed by atoms with Crippen molar-refractivity contribution in [3.63, 3.8) is 0 Å². The Balaban J connectivity index is 2.21. The molecule has 5 heteroatoms. The Hall–Kier alpha value is -1.26. The van der Waals surface area contributed by atoms with Gasteiger partial charge in [0.15, 0.2) is 0 Å². The van der Waals surface area contributed by atoms with E-state index in [-0.39, 0.29) is 6.03 Å². The number of carbonyl (C=O) groups excluding carboxylic acids is 1. The molecule has 2 fully saturated rings. The minimum atomic E-state index is -0.888. The number of hydrogen-bond acceptors (Lipinski definition) is 2. The standard InChI is InChI=1S/C8H12N2O3/c11-6(12)8(2-1-3-8)10-5-4-9-7(10)13/h1-5H2,(H,9,13)(H,11,12). The number of hydrogen-bond donors (Lipinski definition) is 2. The van der Waals surface area contributed by atoms with E-state index in [0.29, 0.717) is 25.9 Å². The Morgan fingerprint density at radius 1 is 1.54 bits per heavy atom. The monoisotopic (exact) mass is 184 g/mol. The summed E-state index contributed by atoms with van der Waals surface area (Å²) in [5.41, 5.74) is -0.888. The highest BCUT2D eigenvalue weighted by molar-refractivity contribution is 5.88. The first-order valence-electron chi connectivity index (χ1n) is 4.46. The number of urea groups is 1. The summed E-state index contributed by atoms with van der Waals surface area (Å²) in [6.07, 6.45) is 2.08. The topological polar surface area (TPSA) is 69.6 Å². The Labute approximate surface area is 75.7 Å². The fraction of sp³-hybridized carbons (Fsp3) is 0.750. The summed E-state index contributed by atoms with van der Waals surface area (Å²) in [4.78, 5) is 23.7. The van der Waals surface area contributed by atoms with E-state index in [0.717, 1.165) is 6.42 Å². The molecule has 2 aliphatic rings. The molecule has 2 N–H and O–H groups in total. The molecule has 0 bridgehead atoms. The molecule has 1 aliphatic heterocycles. The zero-order valence-corrected chi connectivity index (χ0v) is 7.25. The zero-order valence-electron chi connectivity index (χ0n) is 7.25. The summed E-state index contributed by atoms with van der Waals surface area (Å²) in [7, 11) is 0. The van der Waals surface area contributed by atoms with Gasteiger partial charge in [-0.2, -0.15) is 0 Å². The molecule has 1 heterocycles. The first kappa shape index (κ1) is 8.34. The summed E-state index contributed by atoms with van der Waals surface area (Å²) in [6, 6.07) is -0.234. The predicted molar refractivity (Wildman–Crippen MR) is 44.3 cm³/mol. The van der Waals surface area contributed by atoms with Gasteiger partial charge in [-0.25, -0.2) is 9.59 Å². The maximum atomic E-state index is 11.3. The fourth-order valence-corrected chi connectivity index (χ4v) is 1.99. The van der Waals surface area contributed by atoms with Gasteiger partial charge in [0.05, 0.1) is 0 Å². The average molecular weight is 184 g/mol. The maximum absolute atomic E-state index is 11.3. The summed E-state index contributed by atoms with van der Waals surface area (Å²) in [5, 5.41) is 11.7. The van der Waals surface area contributed by atoms with Crippen molar-refractivity contribution in [3.8, 4) is 0 Å². The maximum Gasteiger partial charge on any atom is 0.329 e. The molecule has 0 radical (unpaired) electrons. The van der Waals surface area contributed by atoms with Crippen LogP contribution in [0.1, 0.15) is 19.3 Å². The minimum Gasteiger partial charge on any atom is -0.479 e.